The topological polar surface area (TPSA) is 85.1 Å². The minimum Gasteiger partial charge on any atom is -0.338 e. The summed E-state index contributed by atoms with van der Waals surface area (Å²) in [5.74, 6) is 0.649. The molecule has 0 unspecified atom stereocenters. The summed E-state index contributed by atoms with van der Waals surface area (Å²) in [5.41, 5.74) is 0. The average molecular weight is 259 g/mol. The van der Waals surface area contributed by atoms with Gasteiger partial charge in [0.05, 0.1) is 6.54 Å². The van der Waals surface area contributed by atoms with Crippen LogP contribution in [0.3, 0.4) is 0 Å². The Morgan fingerprint density at radius 1 is 1.47 bits per heavy atom. The molecular weight excluding hydrogens is 242 g/mol. The number of nitrogens with one attached hydrogen (secondary N) is 1. The molecule has 0 bridgehead atoms. The normalized spacial score (nSPS) is 17.4. The highest BCUT2D eigenvalue weighted by Gasteiger charge is 2.38. The summed E-state index contributed by atoms with van der Waals surface area (Å²) in [6.45, 7) is 3.65. The van der Waals surface area contributed by atoms with E-state index < -0.39 is 14.6 Å². The molecule has 17 heavy (non-hydrogen) atoms. The highest BCUT2D eigenvalue weighted by molar-refractivity contribution is 7.91. The Morgan fingerprint density at radius 2 is 2.12 bits per heavy atom. The largest absolute Gasteiger partial charge is 0.338 e. The van der Waals surface area contributed by atoms with Gasteiger partial charge in [0.1, 0.15) is 4.75 Å². The smallest absolute Gasteiger partial charge is 0.247 e. The SMILES string of the molecule is CC(C)(c1nc(CNC2CC2)no1)S(C)(=O)=O. The van der Waals surface area contributed by atoms with Gasteiger partial charge < -0.3 is 9.84 Å². The van der Waals surface area contributed by atoms with Gasteiger partial charge in [-0.2, -0.15) is 4.98 Å². The van der Waals surface area contributed by atoms with Crippen LogP contribution in [-0.4, -0.2) is 30.9 Å². The zero-order valence-corrected chi connectivity index (χ0v) is 11.0. The first kappa shape index (κ1) is 12.5. The first-order chi connectivity index (χ1) is 7.80. The van der Waals surface area contributed by atoms with Crippen LogP contribution in [0, 0.1) is 0 Å². The second-order valence-corrected chi connectivity index (χ2v) is 7.52. The summed E-state index contributed by atoms with van der Waals surface area (Å²) in [7, 11) is -3.28. The van der Waals surface area contributed by atoms with Crippen LogP contribution >= 0.6 is 0 Å². The number of aromatic nitrogens is 2. The standard InChI is InChI=1S/C10H17N3O3S/c1-10(2,17(3,14)15)9-12-8(13-16-9)6-11-7-4-5-7/h7,11H,4-6H2,1-3H3. The molecule has 1 N–H and O–H groups in total. The first-order valence-corrected chi connectivity index (χ1v) is 7.46. The van der Waals surface area contributed by atoms with E-state index in [9.17, 15) is 8.42 Å². The minimum absolute atomic E-state index is 0.146. The predicted octanol–water partition coefficient (Wildman–Crippen LogP) is 0.601. The maximum Gasteiger partial charge on any atom is 0.247 e. The molecule has 1 aliphatic rings. The number of hydrogen-bond donors (Lipinski definition) is 1. The third-order valence-electron chi connectivity index (χ3n) is 3.04. The summed E-state index contributed by atoms with van der Waals surface area (Å²) in [6.07, 6.45) is 3.53. The van der Waals surface area contributed by atoms with Gasteiger partial charge in [-0.05, 0) is 26.7 Å². The lowest BCUT2D eigenvalue weighted by atomic mass is 10.2. The van der Waals surface area contributed by atoms with Crippen LogP contribution in [-0.2, 0) is 21.1 Å². The number of sulfone groups is 1. The van der Waals surface area contributed by atoms with E-state index in [1.807, 2.05) is 0 Å². The van der Waals surface area contributed by atoms with Crippen molar-refractivity contribution in [3.8, 4) is 0 Å². The summed E-state index contributed by atoms with van der Waals surface area (Å²) in [5, 5.41) is 7.02. The van der Waals surface area contributed by atoms with Gasteiger partial charge in [-0.1, -0.05) is 5.16 Å². The maximum atomic E-state index is 11.6. The molecular formula is C10H17N3O3S. The molecule has 1 saturated carbocycles. The Hall–Kier alpha value is -0.950. The molecule has 1 aliphatic carbocycles. The predicted molar refractivity (Wildman–Crippen MR) is 62.0 cm³/mol. The van der Waals surface area contributed by atoms with Crippen molar-refractivity contribution >= 4 is 9.84 Å². The van der Waals surface area contributed by atoms with E-state index in [4.69, 9.17) is 4.52 Å². The van der Waals surface area contributed by atoms with Gasteiger partial charge in [0.2, 0.25) is 5.89 Å². The van der Waals surface area contributed by atoms with Crippen LogP contribution in [0.5, 0.6) is 0 Å². The lowest BCUT2D eigenvalue weighted by molar-refractivity contribution is 0.343. The Bertz CT molecular complexity index is 503. The summed E-state index contributed by atoms with van der Waals surface area (Å²) in [4.78, 5) is 4.13. The molecule has 1 fully saturated rings. The lowest BCUT2D eigenvalue weighted by Gasteiger charge is -2.16. The van der Waals surface area contributed by atoms with Crippen LogP contribution in [0.15, 0.2) is 4.52 Å². The Balaban J connectivity index is 2.11. The van der Waals surface area contributed by atoms with Crippen LogP contribution in [0.25, 0.3) is 0 Å². The van der Waals surface area contributed by atoms with Crippen molar-refractivity contribution in [3.63, 3.8) is 0 Å². The van der Waals surface area contributed by atoms with E-state index in [2.05, 4.69) is 15.5 Å². The van der Waals surface area contributed by atoms with Crippen molar-refractivity contribution in [1.29, 1.82) is 0 Å². The average Bonchev–Trinajstić information content (AvgIpc) is 2.90. The van der Waals surface area contributed by atoms with Gasteiger partial charge in [0.15, 0.2) is 15.7 Å². The van der Waals surface area contributed by atoms with E-state index in [0.29, 0.717) is 18.4 Å². The van der Waals surface area contributed by atoms with E-state index in [1.165, 1.54) is 19.1 Å². The zero-order chi connectivity index (χ0) is 12.7. The van der Waals surface area contributed by atoms with Crippen LogP contribution in [0.1, 0.15) is 38.4 Å². The molecule has 0 atom stereocenters. The summed E-state index contributed by atoms with van der Waals surface area (Å²) >= 11 is 0. The summed E-state index contributed by atoms with van der Waals surface area (Å²) in [6, 6.07) is 0.555. The molecule has 0 amide bonds. The van der Waals surface area contributed by atoms with Gasteiger partial charge in [0, 0.05) is 12.3 Å². The Morgan fingerprint density at radius 3 is 2.65 bits per heavy atom. The fraction of sp³-hybridized carbons (Fsp3) is 0.800. The molecule has 7 heteroatoms. The van der Waals surface area contributed by atoms with Gasteiger partial charge in [0.25, 0.3) is 0 Å². The third kappa shape index (κ3) is 2.66. The maximum absolute atomic E-state index is 11.6. The fourth-order valence-electron chi connectivity index (χ4n) is 1.25. The number of hydrogen-bond acceptors (Lipinski definition) is 6. The van der Waals surface area contributed by atoms with Crippen molar-refractivity contribution < 1.29 is 12.9 Å². The van der Waals surface area contributed by atoms with Gasteiger partial charge >= 0.3 is 0 Å². The van der Waals surface area contributed by atoms with E-state index in [0.717, 1.165) is 0 Å². The highest BCUT2D eigenvalue weighted by Crippen LogP contribution is 2.27. The highest BCUT2D eigenvalue weighted by atomic mass is 32.2. The van der Waals surface area contributed by atoms with Crippen molar-refractivity contribution in [1.82, 2.24) is 15.5 Å². The van der Waals surface area contributed by atoms with E-state index in [1.54, 1.807) is 13.8 Å². The zero-order valence-electron chi connectivity index (χ0n) is 10.2. The van der Waals surface area contributed by atoms with Crippen molar-refractivity contribution in [3.05, 3.63) is 11.7 Å². The van der Waals surface area contributed by atoms with Crippen molar-refractivity contribution in [2.45, 2.75) is 44.0 Å². The lowest BCUT2D eigenvalue weighted by Crippen LogP contribution is -2.28. The second-order valence-electron chi connectivity index (χ2n) is 4.95. The molecule has 0 aliphatic heterocycles. The van der Waals surface area contributed by atoms with Crippen molar-refractivity contribution in [2.24, 2.45) is 0 Å². The molecule has 1 aromatic rings. The molecule has 0 saturated heterocycles. The molecule has 0 aromatic carbocycles. The molecule has 0 spiro atoms. The van der Waals surface area contributed by atoms with Gasteiger partial charge in [-0.15, -0.1) is 0 Å². The number of rotatable bonds is 5. The van der Waals surface area contributed by atoms with E-state index >= 15 is 0 Å². The molecule has 2 rings (SSSR count). The van der Waals surface area contributed by atoms with Gasteiger partial charge in [-0.25, -0.2) is 8.42 Å². The summed E-state index contributed by atoms with van der Waals surface area (Å²) < 4.78 is 27.1. The molecule has 0 radical (unpaired) electrons. The van der Waals surface area contributed by atoms with Crippen molar-refractivity contribution in [2.75, 3.05) is 6.26 Å². The Labute approximate surface area is 101 Å². The first-order valence-electron chi connectivity index (χ1n) is 5.57. The molecule has 6 nitrogen and oxygen atoms in total. The molecule has 1 heterocycles. The number of nitrogens with zero attached hydrogens (tertiary/aromatic N) is 2. The Kier molecular flexibility index (Phi) is 2.99. The van der Waals surface area contributed by atoms with E-state index in [-0.39, 0.29) is 5.89 Å². The fourth-order valence-corrected chi connectivity index (χ4v) is 1.65. The van der Waals surface area contributed by atoms with Crippen LogP contribution < -0.4 is 5.32 Å². The minimum atomic E-state index is -3.28. The molecule has 96 valence electrons. The van der Waals surface area contributed by atoms with Crippen LogP contribution in [0.2, 0.25) is 0 Å². The van der Waals surface area contributed by atoms with Crippen LogP contribution in [0.4, 0.5) is 0 Å². The monoisotopic (exact) mass is 259 g/mol. The quantitative estimate of drug-likeness (QED) is 0.833. The third-order valence-corrected chi connectivity index (χ3v) is 5.06. The van der Waals surface area contributed by atoms with Gasteiger partial charge in [-0.3, -0.25) is 0 Å². The molecule has 1 aromatic heterocycles. The second kappa shape index (κ2) is 4.06.